The smallest absolute Gasteiger partial charge is 0.248 e. The molecule has 4 heterocycles. The summed E-state index contributed by atoms with van der Waals surface area (Å²) in [6.45, 7) is 0.127. The van der Waals surface area contributed by atoms with Crippen molar-refractivity contribution in [2.24, 2.45) is 5.92 Å². The molecule has 1 saturated carbocycles. The number of halogens is 1. The molecule has 9 heteroatoms. The Bertz CT molecular complexity index is 1130. The number of hydrogen-bond acceptors (Lipinski definition) is 5. The lowest BCUT2D eigenvalue weighted by molar-refractivity contribution is -0.138. The molecule has 5 rings (SSSR count). The van der Waals surface area contributed by atoms with Crippen molar-refractivity contribution in [2.75, 3.05) is 11.1 Å². The molecule has 1 unspecified atom stereocenters. The van der Waals surface area contributed by atoms with Crippen molar-refractivity contribution in [2.45, 2.75) is 31.5 Å². The minimum absolute atomic E-state index is 0.0842. The highest BCUT2D eigenvalue weighted by Gasteiger charge is 2.56. The van der Waals surface area contributed by atoms with Gasteiger partial charge in [-0.3, -0.25) is 9.59 Å². The SMILES string of the molecule is Nc1ccnc2c1ccn2CC(=O)N1C2C[C@@H]2C[C@H]1C(=O)Nc1cccc(Br)n1. The lowest BCUT2D eigenvalue weighted by Crippen LogP contribution is -2.46. The van der Waals surface area contributed by atoms with E-state index in [9.17, 15) is 9.59 Å². The van der Waals surface area contributed by atoms with Crippen LogP contribution in [0.25, 0.3) is 11.0 Å². The summed E-state index contributed by atoms with van der Waals surface area (Å²) in [7, 11) is 0. The predicted octanol–water partition coefficient (Wildman–Crippen LogP) is 2.40. The van der Waals surface area contributed by atoms with Crippen LogP contribution < -0.4 is 11.1 Å². The first-order valence-corrected chi connectivity index (χ1v) is 10.2. The number of nitrogen functional groups attached to an aromatic ring is 1. The van der Waals surface area contributed by atoms with E-state index in [4.69, 9.17) is 5.73 Å². The second kappa shape index (κ2) is 6.84. The van der Waals surface area contributed by atoms with E-state index < -0.39 is 6.04 Å². The van der Waals surface area contributed by atoms with Crippen molar-refractivity contribution in [3.05, 3.63) is 47.3 Å². The van der Waals surface area contributed by atoms with Gasteiger partial charge in [-0.1, -0.05) is 6.07 Å². The maximum Gasteiger partial charge on any atom is 0.248 e. The quantitative estimate of drug-likeness (QED) is 0.588. The zero-order valence-corrected chi connectivity index (χ0v) is 17.0. The number of amides is 2. The molecule has 3 atom stereocenters. The van der Waals surface area contributed by atoms with Gasteiger partial charge in [0.25, 0.3) is 0 Å². The molecule has 2 fully saturated rings. The standard InChI is InChI=1S/C20H19BrN6O2/c21-16-2-1-3-17(24-16)25-20(29)15-9-11-8-14(11)27(15)18(28)10-26-7-5-12-13(22)4-6-23-19(12)26/h1-7,11,14-15H,8-10H2,(H2,22,23)(H,24,25,29)/t11-,14?,15+/m1/s1. The van der Waals surface area contributed by atoms with E-state index in [-0.39, 0.29) is 24.4 Å². The number of hydrogen-bond donors (Lipinski definition) is 2. The maximum absolute atomic E-state index is 13.1. The van der Waals surface area contributed by atoms with Crippen LogP contribution in [-0.2, 0) is 16.1 Å². The minimum Gasteiger partial charge on any atom is -0.398 e. The summed E-state index contributed by atoms with van der Waals surface area (Å²) in [6.07, 6.45) is 5.09. The third-order valence-corrected chi connectivity index (χ3v) is 6.10. The van der Waals surface area contributed by atoms with Gasteiger partial charge in [0.2, 0.25) is 11.8 Å². The van der Waals surface area contributed by atoms with Crippen molar-refractivity contribution in [3.8, 4) is 0 Å². The molecule has 0 spiro atoms. The summed E-state index contributed by atoms with van der Waals surface area (Å²) < 4.78 is 2.43. The fourth-order valence-corrected chi connectivity index (χ4v) is 4.55. The van der Waals surface area contributed by atoms with Crippen LogP contribution in [0.5, 0.6) is 0 Å². The molecule has 0 bridgehead atoms. The van der Waals surface area contributed by atoms with Crippen molar-refractivity contribution in [1.82, 2.24) is 19.4 Å². The minimum atomic E-state index is -0.480. The summed E-state index contributed by atoms with van der Waals surface area (Å²) in [5.41, 5.74) is 7.28. The Hall–Kier alpha value is -2.94. The Morgan fingerprint density at radius 3 is 2.93 bits per heavy atom. The lowest BCUT2D eigenvalue weighted by Gasteiger charge is -2.27. The van der Waals surface area contributed by atoms with Gasteiger partial charge in [-0.2, -0.15) is 0 Å². The Labute approximate surface area is 175 Å². The van der Waals surface area contributed by atoms with Crippen molar-refractivity contribution in [1.29, 1.82) is 0 Å². The summed E-state index contributed by atoms with van der Waals surface area (Å²) in [4.78, 5) is 36.4. The molecule has 148 valence electrons. The molecular formula is C20H19BrN6O2. The fourth-order valence-electron chi connectivity index (χ4n) is 4.20. The van der Waals surface area contributed by atoms with Crippen molar-refractivity contribution >= 4 is 50.3 Å². The second-order valence-corrected chi connectivity index (χ2v) is 8.34. The number of anilines is 2. The molecule has 29 heavy (non-hydrogen) atoms. The van der Waals surface area contributed by atoms with E-state index in [1.807, 2.05) is 12.3 Å². The van der Waals surface area contributed by atoms with Gasteiger partial charge < -0.3 is 20.5 Å². The van der Waals surface area contributed by atoms with Crippen molar-refractivity contribution in [3.63, 3.8) is 0 Å². The number of likely N-dealkylation sites (tertiary alicyclic amines) is 1. The number of nitrogens with one attached hydrogen (secondary N) is 1. The van der Waals surface area contributed by atoms with Crippen LogP contribution in [0.4, 0.5) is 11.5 Å². The maximum atomic E-state index is 13.1. The molecule has 3 aromatic heterocycles. The number of carbonyl (C=O) groups excluding carboxylic acids is 2. The third-order valence-electron chi connectivity index (χ3n) is 5.66. The predicted molar refractivity (Wildman–Crippen MR) is 112 cm³/mol. The Morgan fingerprint density at radius 1 is 1.24 bits per heavy atom. The van der Waals surface area contributed by atoms with Gasteiger partial charge in [0.15, 0.2) is 0 Å². The Kier molecular flexibility index (Phi) is 4.27. The number of piperidine rings is 1. The van der Waals surface area contributed by atoms with E-state index in [2.05, 4.69) is 31.2 Å². The summed E-state index contributed by atoms with van der Waals surface area (Å²) in [5.74, 6) is 0.587. The highest BCUT2D eigenvalue weighted by molar-refractivity contribution is 9.10. The zero-order chi connectivity index (χ0) is 20.1. The van der Waals surface area contributed by atoms with Gasteiger partial charge in [-0.15, -0.1) is 0 Å². The van der Waals surface area contributed by atoms with Gasteiger partial charge in [0.1, 0.15) is 28.7 Å². The average molecular weight is 455 g/mol. The second-order valence-electron chi connectivity index (χ2n) is 7.53. The van der Waals surface area contributed by atoms with Gasteiger partial charge in [0.05, 0.1) is 0 Å². The van der Waals surface area contributed by atoms with Crippen LogP contribution in [0.2, 0.25) is 0 Å². The number of pyridine rings is 2. The molecule has 0 radical (unpaired) electrons. The molecule has 1 aliphatic heterocycles. The number of rotatable bonds is 4. The van der Waals surface area contributed by atoms with E-state index in [1.165, 1.54) is 0 Å². The highest BCUT2D eigenvalue weighted by atomic mass is 79.9. The molecule has 1 aliphatic carbocycles. The van der Waals surface area contributed by atoms with Crippen LogP contribution in [0.1, 0.15) is 12.8 Å². The van der Waals surface area contributed by atoms with E-state index in [0.29, 0.717) is 34.1 Å². The summed E-state index contributed by atoms with van der Waals surface area (Å²) >= 11 is 3.30. The topological polar surface area (TPSA) is 106 Å². The first kappa shape index (κ1) is 18.1. The van der Waals surface area contributed by atoms with Gasteiger partial charge in [0, 0.05) is 29.5 Å². The molecule has 3 N–H and O–H groups in total. The molecule has 8 nitrogen and oxygen atoms in total. The lowest BCUT2D eigenvalue weighted by atomic mass is 10.1. The Balaban J connectivity index is 1.35. The largest absolute Gasteiger partial charge is 0.398 e. The number of fused-ring (bicyclic) bond motifs is 2. The van der Waals surface area contributed by atoms with Crippen LogP contribution >= 0.6 is 15.9 Å². The number of carbonyl (C=O) groups is 2. The summed E-state index contributed by atoms with van der Waals surface area (Å²) in [5, 5.41) is 3.66. The molecular weight excluding hydrogens is 436 g/mol. The van der Waals surface area contributed by atoms with Gasteiger partial charge >= 0.3 is 0 Å². The van der Waals surface area contributed by atoms with Crippen molar-refractivity contribution < 1.29 is 9.59 Å². The molecule has 2 amide bonds. The Morgan fingerprint density at radius 2 is 2.10 bits per heavy atom. The number of nitrogens with zero attached hydrogens (tertiary/aromatic N) is 4. The summed E-state index contributed by atoms with van der Waals surface area (Å²) in [6, 6.07) is 8.58. The van der Waals surface area contributed by atoms with Crippen LogP contribution in [0, 0.1) is 5.92 Å². The van der Waals surface area contributed by atoms with Crippen LogP contribution in [0.15, 0.2) is 47.3 Å². The average Bonchev–Trinajstić information content (AvgIpc) is 3.15. The fraction of sp³-hybridized carbons (Fsp3) is 0.300. The zero-order valence-electron chi connectivity index (χ0n) is 15.5. The number of nitrogens with two attached hydrogens (primary N) is 1. The van der Waals surface area contributed by atoms with E-state index in [1.54, 1.807) is 39.9 Å². The highest BCUT2D eigenvalue weighted by Crippen LogP contribution is 2.48. The molecule has 3 aromatic rings. The van der Waals surface area contributed by atoms with Gasteiger partial charge in [-0.25, -0.2) is 9.97 Å². The van der Waals surface area contributed by atoms with Crippen LogP contribution in [-0.4, -0.2) is 43.3 Å². The first-order valence-electron chi connectivity index (χ1n) is 9.45. The molecule has 0 aromatic carbocycles. The van der Waals surface area contributed by atoms with Gasteiger partial charge in [-0.05, 0) is 59.0 Å². The van der Waals surface area contributed by atoms with E-state index >= 15 is 0 Å². The third kappa shape index (κ3) is 3.25. The molecule has 1 saturated heterocycles. The first-order chi connectivity index (χ1) is 14.0. The van der Waals surface area contributed by atoms with Crippen LogP contribution in [0.3, 0.4) is 0 Å². The van der Waals surface area contributed by atoms with E-state index in [0.717, 1.165) is 11.8 Å². The monoisotopic (exact) mass is 454 g/mol. The molecule has 2 aliphatic rings. The normalized spacial score (nSPS) is 22.5. The number of aromatic nitrogens is 3.